The van der Waals surface area contributed by atoms with Crippen molar-refractivity contribution in [3.05, 3.63) is 143 Å². The van der Waals surface area contributed by atoms with Gasteiger partial charge in [0.2, 0.25) is 11.9 Å². The normalized spacial score (nSPS) is 14.3. The predicted molar refractivity (Wildman–Crippen MR) is 254 cm³/mol. The van der Waals surface area contributed by atoms with Crippen LogP contribution in [-0.4, -0.2) is 117 Å². The summed E-state index contributed by atoms with van der Waals surface area (Å²) >= 11 is 0. The van der Waals surface area contributed by atoms with Crippen LogP contribution in [0.3, 0.4) is 0 Å². The summed E-state index contributed by atoms with van der Waals surface area (Å²) in [6, 6.07) is 21.9. The lowest BCUT2D eigenvalue weighted by Gasteiger charge is -2.27. The van der Waals surface area contributed by atoms with E-state index in [0.29, 0.717) is 76.7 Å². The summed E-state index contributed by atoms with van der Waals surface area (Å²) < 4.78 is 38.0. The molecule has 0 spiro atoms. The third kappa shape index (κ3) is 15.0. The van der Waals surface area contributed by atoms with Gasteiger partial charge in [-0.25, -0.2) is 30.0 Å². The summed E-state index contributed by atoms with van der Waals surface area (Å²) in [5.41, 5.74) is 11.2. The molecule has 0 saturated carbocycles. The Kier molecular flexibility index (Phi) is 18.4. The number of hydrogen-bond donors (Lipinski definition) is 6. The molecule has 0 amide bonds. The van der Waals surface area contributed by atoms with Gasteiger partial charge in [-0.05, 0) is 72.9 Å². The number of anilines is 6. The molecule has 0 bridgehead atoms. The minimum Gasteiger partial charge on any atom is -0.481 e. The van der Waals surface area contributed by atoms with E-state index in [2.05, 4.69) is 51.2 Å². The highest BCUT2D eigenvalue weighted by molar-refractivity contribution is 5.78. The van der Waals surface area contributed by atoms with Gasteiger partial charge in [0.15, 0.2) is 29.6 Å². The number of halogens is 2. The van der Waals surface area contributed by atoms with Gasteiger partial charge in [0.25, 0.3) is 0 Å². The largest absolute Gasteiger partial charge is 0.481 e. The Bertz CT molecular complexity index is 2640. The minimum atomic E-state index is -0.861. The molecule has 2 aliphatic rings. The van der Waals surface area contributed by atoms with Crippen LogP contribution in [0.25, 0.3) is 0 Å². The molecule has 2 atom stereocenters. The number of pyridine rings is 2. The summed E-state index contributed by atoms with van der Waals surface area (Å²) in [6.45, 7) is 7.89. The first-order valence-corrected chi connectivity index (χ1v) is 21.6. The molecule has 2 aliphatic heterocycles. The minimum absolute atomic E-state index is 0.179. The van der Waals surface area contributed by atoms with Crippen LogP contribution >= 0.6 is 0 Å². The quantitative estimate of drug-likeness (QED) is 0.0315. The van der Waals surface area contributed by atoms with Gasteiger partial charge in [-0.3, -0.25) is 29.8 Å². The molecular formula is C47H51F2N13O7. The van der Waals surface area contributed by atoms with Crippen LogP contribution in [0.15, 0.2) is 103 Å². The van der Waals surface area contributed by atoms with Gasteiger partial charge in [-0.15, -0.1) is 0 Å². The van der Waals surface area contributed by atoms with Crippen LogP contribution in [0.5, 0.6) is 0 Å². The van der Waals surface area contributed by atoms with Crippen molar-refractivity contribution in [1.82, 2.24) is 29.9 Å². The van der Waals surface area contributed by atoms with Crippen molar-refractivity contribution in [2.75, 3.05) is 78.6 Å². The van der Waals surface area contributed by atoms with Gasteiger partial charge in [0.1, 0.15) is 5.69 Å². The van der Waals surface area contributed by atoms with E-state index >= 15 is 0 Å². The van der Waals surface area contributed by atoms with Crippen molar-refractivity contribution >= 4 is 59.3 Å². The molecule has 2 unspecified atom stereocenters. The number of carboxylic acid groups (broad SMARTS) is 2. The van der Waals surface area contributed by atoms with Gasteiger partial charge >= 0.3 is 11.9 Å². The average Bonchev–Trinajstić information content (AvgIpc) is 3.38. The molecule has 0 radical (unpaired) electrons. The first-order valence-electron chi connectivity index (χ1n) is 21.6. The topological polar surface area (TPSA) is 268 Å². The van der Waals surface area contributed by atoms with Crippen molar-refractivity contribution in [2.45, 2.75) is 32.1 Å². The maximum atomic E-state index is 14.1. The van der Waals surface area contributed by atoms with Gasteiger partial charge in [0.05, 0.1) is 74.4 Å². The Hall–Kier alpha value is -8.08. The van der Waals surface area contributed by atoms with E-state index in [1.807, 2.05) is 53.4 Å². The molecule has 8 rings (SSSR count). The lowest BCUT2D eigenvalue weighted by Crippen LogP contribution is -2.37. The molecule has 20 nitrogen and oxygen atoms in total. The van der Waals surface area contributed by atoms with Crippen molar-refractivity contribution in [2.24, 2.45) is 10.9 Å². The number of ether oxygens (including phenoxy) is 2. The number of nitrogens with zero attached hydrogens (tertiary/aromatic N) is 9. The third-order valence-electron chi connectivity index (χ3n) is 10.6. The average molecular weight is 948 g/mol. The second-order valence-electron chi connectivity index (χ2n) is 15.4. The summed E-state index contributed by atoms with van der Waals surface area (Å²) in [6.07, 6.45) is 8.47. The van der Waals surface area contributed by atoms with Crippen molar-refractivity contribution < 1.29 is 42.9 Å². The number of aromatic nitrogens is 6. The Morgan fingerprint density at radius 2 is 1.17 bits per heavy atom. The number of benzene rings is 2. The zero-order valence-electron chi connectivity index (χ0n) is 37.7. The number of carbonyl (C=O) groups excluding carboxylic acids is 1. The molecule has 7 N–H and O–H groups in total. The number of hydrogen-bond acceptors (Lipinski definition) is 18. The van der Waals surface area contributed by atoms with Crippen LogP contribution in [-0.2, 0) is 25.5 Å². The van der Waals surface area contributed by atoms with E-state index in [1.165, 1.54) is 6.21 Å². The molecule has 22 heteroatoms. The highest BCUT2D eigenvalue weighted by Crippen LogP contribution is 2.23. The van der Waals surface area contributed by atoms with Gasteiger partial charge in [0, 0.05) is 38.1 Å². The molecule has 69 heavy (non-hydrogen) atoms. The van der Waals surface area contributed by atoms with E-state index < -0.39 is 35.4 Å². The lowest BCUT2D eigenvalue weighted by molar-refractivity contribution is -0.139. The summed E-state index contributed by atoms with van der Waals surface area (Å²) in [4.78, 5) is 60.2. The van der Waals surface area contributed by atoms with Gasteiger partial charge in [-0.2, -0.15) is 15.1 Å². The number of nitrogens with two attached hydrogens (primary N) is 1. The maximum Gasteiger partial charge on any atom is 0.310 e. The van der Waals surface area contributed by atoms with Crippen LogP contribution in [0.4, 0.5) is 43.7 Å². The fraction of sp³-hybridized carbons (Fsp3) is 0.277. The number of aldehydes is 1. The molecule has 6 heterocycles. The molecular weight excluding hydrogens is 897 g/mol. The van der Waals surface area contributed by atoms with E-state index in [-0.39, 0.29) is 23.5 Å². The number of morpholine rings is 2. The second kappa shape index (κ2) is 25.2. The second-order valence-corrected chi connectivity index (χ2v) is 15.4. The zero-order valence-corrected chi connectivity index (χ0v) is 37.7. The number of hydrazone groups is 1. The van der Waals surface area contributed by atoms with Crippen LogP contribution in [0.2, 0.25) is 0 Å². The number of rotatable bonds is 15. The van der Waals surface area contributed by atoms with Crippen LogP contribution < -0.4 is 31.8 Å². The number of nitrogen functional groups attached to an aromatic ring is 1. The van der Waals surface area contributed by atoms with Crippen molar-refractivity contribution in [3.8, 4) is 0 Å². The lowest BCUT2D eigenvalue weighted by atomic mass is 9.98. The SMILES string of the molecule is CC(C(=O)O)c1ccc(Cc2ccc(C=O)nc2)cc1.CC(C(=O)O)c1ccc(Nc2ccc(/C=N/Nc3ncc(F)c(N4CCOCC4)n3)nc2)cc1.NNc1ncc(F)c(N2CCOCC2)n1. The monoisotopic (exact) mass is 947 g/mol. The fourth-order valence-electron chi connectivity index (χ4n) is 6.62. The Labute approximate surface area is 395 Å². The van der Waals surface area contributed by atoms with E-state index in [1.54, 1.807) is 55.4 Å². The predicted octanol–water partition coefficient (Wildman–Crippen LogP) is 5.64. The van der Waals surface area contributed by atoms with Gasteiger partial charge in [-0.1, -0.05) is 42.5 Å². The maximum absolute atomic E-state index is 14.1. The summed E-state index contributed by atoms with van der Waals surface area (Å²) in [5, 5.41) is 25.4. The highest BCUT2D eigenvalue weighted by Gasteiger charge is 2.19. The van der Waals surface area contributed by atoms with Crippen LogP contribution in [0, 0.1) is 11.6 Å². The number of carbonyl (C=O) groups is 3. The highest BCUT2D eigenvalue weighted by atomic mass is 19.1. The fourth-order valence-corrected chi connectivity index (χ4v) is 6.62. The standard InChI is InChI=1S/C23H24FN7O3.C16H15NO3.C8H12FN5O/c1-15(22(32)33)16-2-4-17(5-3-16)28-19-7-6-18(25-12-19)13-27-30-23-26-14-20(24)21(29-23)31-8-10-34-11-9-31;1-11(16(19)20)14-5-2-12(3-6-14)8-13-4-7-15(10-18)17-9-13;9-6-5-11-8(13-10)12-7(6)14-1-3-15-4-2-14/h2-7,12-15,28H,8-11H2,1H3,(H,32,33)(H,26,29,30);2-7,9-11H,8H2,1H3,(H,19,20);5H,1-4,10H2,(H,11,12,13)/b27-13+;;. The number of carboxylic acids is 2. The molecule has 2 aromatic carbocycles. The molecule has 2 fully saturated rings. The smallest absolute Gasteiger partial charge is 0.310 e. The van der Waals surface area contributed by atoms with E-state index in [9.17, 15) is 23.2 Å². The van der Waals surface area contributed by atoms with Crippen molar-refractivity contribution in [1.29, 1.82) is 0 Å². The number of aliphatic carboxylic acids is 2. The number of hydrazine groups is 1. The summed E-state index contributed by atoms with van der Waals surface area (Å²) in [5.74, 6) is 2.33. The molecule has 2 saturated heterocycles. The summed E-state index contributed by atoms with van der Waals surface area (Å²) in [7, 11) is 0. The molecule has 360 valence electrons. The number of nitrogens with one attached hydrogen (secondary N) is 3. The van der Waals surface area contributed by atoms with Gasteiger partial charge < -0.3 is 34.8 Å². The first-order chi connectivity index (χ1) is 33.4. The van der Waals surface area contributed by atoms with Crippen LogP contribution in [0.1, 0.15) is 64.1 Å². The molecule has 4 aromatic heterocycles. The molecule has 6 aromatic rings. The van der Waals surface area contributed by atoms with E-state index in [4.69, 9.17) is 25.5 Å². The zero-order chi connectivity index (χ0) is 49.1. The third-order valence-corrected chi connectivity index (χ3v) is 10.6. The Morgan fingerprint density at radius 1 is 0.681 bits per heavy atom. The van der Waals surface area contributed by atoms with Crippen molar-refractivity contribution in [3.63, 3.8) is 0 Å². The Morgan fingerprint density at radius 3 is 1.67 bits per heavy atom. The van der Waals surface area contributed by atoms with E-state index in [0.717, 1.165) is 46.0 Å². The molecule has 0 aliphatic carbocycles. The Balaban J connectivity index is 0.000000188. The first kappa shape index (κ1) is 50.3.